The first kappa shape index (κ1) is 13.4. The molecule has 1 aliphatic rings. The van der Waals surface area contributed by atoms with E-state index in [0.717, 1.165) is 29.5 Å². The molecule has 1 saturated carbocycles. The maximum absolute atomic E-state index is 11.3. The van der Waals surface area contributed by atoms with Crippen LogP contribution < -0.4 is 4.74 Å². The summed E-state index contributed by atoms with van der Waals surface area (Å²) in [7, 11) is 3.11. The average molecular weight is 313 g/mol. The minimum atomic E-state index is -0.0593. The van der Waals surface area contributed by atoms with Gasteiger partial charge in [-0.1, -0.05) is 6.07 Å². The number of halogens is 1. The largest absolute Gasteiger partial charge is 0.496 e. The van der Waals surface area contributed by atoms with Crippen LogP contribution in [0.4, 0.5) is 0 Å². The summed E-state index contributed by atoms with van der Waals surface area (Å²) in [4.78, 5) is 11.3. The van der Waals surface area contributed by atoms with E-state index in [1.165, 1.54) is 12.7 Å². The molecule has 98 valence electrons. The molecule has 0 radical (unpaired) electrons. The Hall–Kier alpha value is -1.03. The average Bonchev–Trinajstić information content (AvgIpc) is 3.15. The van der Waals surface area contributed by atoms with Gasteiger partial charge in [0.2, 0.25) is 0 Å². The van der Waals surface area contributed by atoms with Gasteiger partial charge in [0.15, 0.2) is 0 Å². The zero-order chi connectivity index (χ0) is 13.1. The molecule has 0 spiro atoms. The van der Waals surface area contributed by atoms with Gasteiger partial charge in [0, 0.05) is 0 Å². The third-order valence-electron chi connectivity index (χ3n) is 3.45. The molecule has 1 aromatic rings. The number of methoxy groups -OCH3 is 2. The van der Waals surface area contributed by atoms with Crippen LogP contribution in [-0.4, -0.2) is 20.2 Å². The normalized spacial score (nSPS) is 21.5. The van der Waals surface area contributed by atoms with Gasteiger partial charge >= 0.3 is 5.97 Å². The highest BCUT2D eigenvalue weighted by atomic mass is 79.9. The van der Waals surface area contributed by atoms with Gasteiger partial charge in [-0.15, -0.1) is 0 Å². The Labute approximate surface area is 116 Å². The molecular formula is C14H17BrO3. The molecule has 0 bridgehead atoms. The van der Waals surface area contributed by atoms with Crippen molar-refractivity contribution in [1.29, 1.82) is 0 Å². The van der Waals surface area contributed by atoms with Gasteiger partial charge in [0.1, 0.15) is 5.75 Å². The molecule has 0 heterocycles. The first-order valence-corrected chi connectivity index (χ1v) is 6.85. The summed E-state index contributed by atoms with van der Waals surface area (Å²) >= 11 is 3.48. The molecule has 0 N–H and O–H groups in total. The number of benzene rings is 1. The second-order valence-electron chi connectivity index (χ2n) is 4.63. The molecule has 0 aliphatic heterocycles. The van der Waals surface area contributed by atoms with Crippen LogP contribution in [0.5, 0.6) is 5.75 Å². The molecule has 1 aromatic carbocycles. The predicted molar refractivity (Wildman–Crippen MR) is 72.6 cm³/mol. The lowest BCUT2D eigenvalue weighted by molar-refractivity contribution is -0.142. The predicted octanol–water partition coefficient (Wildman–Crippen LogP) is 3.20. The quantitative estimate of drug-likeness (QED) is 0.783. The third kappa shape index (κ3) is 3.05. The van der Waals surface area contributed by atoms with Crippen molar-refractivity contribution in [1.82, 2.24) is 0 Å². The summed E-state index contributed by atoms with van der Waals surface area (Å²) in [5, 5.41) is 0. The second-order valence-corrected chi connectivity index (χ2v) is 5.49. The molecule has 1 fully saturated rings. The Kier molecular flexibility index (Phi) is 4.27. The SMILES string of the molecule is COC(=O)C1CC1CCc1ccc(OC)c(Br)c1. The Bertz CT molecular complexity index is 445. The zero-order valence-corrected chi connectivity index (χ0v) is 12.2. The molecule has 0 saturated heterocycles. The Morgan fingerprint density at radius 1 is 1.44 bits per heavy atom. The van der Waals surface area contributed by atoms with E-state index in [9.17, 15) is 4.79 Å². The van der Waals surface area contributed by atoms with Crippen LogP contribution in [0.2, 0.25) is 0 Å². The first-order valence-electron chi connectivity index (χ1n) is 6.06. The van der Waals surface area contributed by atoms with Crippen molar-refractivity contribution in [3.8, 4) is 5.75 Å². The Morgan fingerprint density at radius 3 is 2.83 bits per heavy atom. The molecular weight excluding hydrogens is 296 g/mol. The van der Waals surface area contributed by atoms with Crippen molar-refractivity contribution in [3.05, 3.63) is 28.2 Å². The van der Waals surface area contributed by atoms with E-state index >= 15 is 0 Å². The van der Waals surface area contributed by atoms with E-state index < -0.39 is 0 Å². The Balaban J connectivity index is 1.85. The van der Waals surface area contributed by atoms with Gasteiger partial charge in [0.25, 0.3) is 0 Å². The number of ether oxygens (including phenoxy) is 2. The standard InChI is InChI=1S/C14H17BrO3/c1-17-13-6-4-9(7-12(13)15)3-5-10-8-11(10)14(16)18-2/h4,6-7,10-11H,3,5,8H2,1-2H3. The lowest BCUT2D eigenvalue weighted by atomic mass is 10.1. The highest BCUT2D eigenvalue weighted by Crippen LogP contribution is 2.42. The lowest BCUT2D eigenvalue weighted by Crippen LogP contribution is -2.04. The van der Waals surface area contributed by atoms with Gasteiger partial charge < -0.3 is 9.47 Å². The van der Waals surface area contributed by atoms with Gasteiger partial charge in [-0.2, -0.15) is 0 Å². The number of hydrogen-bond donors (Lipinski definition) is 0. The van der Waals surface area contributed by atoms with Crippen LogP contribution >= 0.6 is 15.9 Å². The fourth-order valence-corrected chi connectivity index (χ4v) is 2.81. The van der Waals surface area contributed by atoms with Crippen molar-refractivity contribution >= 4 is 21.9 Å². The van der Waals surface area contributed by atoms with E-state index in [4.69, 9.17) is 9.47 Å². The second kappa shape index (κ2) is 5.74. The number of hydrogen-bond acceptors (Lipinski definition) is 3. The smallest absolute Gasteiger partial charge is 0.308 e. The first-order chi connectivity index (χ1) is 8.65. The lowest BCUT2D eigenvalue weighted by Gasteiger charge is -2.06. The van der Waals surface area contributed by atoms with E-state index in [2.05, 4.69) is 28.1 Å². The van der Waals surface area contributed by atoms with Crippen LogP contribution in [-0.2, 0) is 16.0 Å². The monoisotopic (exact) mass is 312 g/mol. The van der Waals surface area contributed by atoms with Crippen molar-refractivity contribution in [2.75, 3.05) is 14.2 Å². The number of carbonyl (C=O) groups is 1. The van der Waals surface area contributed by atoms with Crippen LogP contribution in [0.3, 0.4) is 0 Å². The maximum Gasteiger partial charge on any atom is 0.308 e. The minimum Gasteiger partial charge on any atom is -0.496 e. The molecule has 2 atom stereocenters. The molecule has 4 heteroatoms. The number of aryl methyl sites for hydroxylation is 1. The van der Waals surface area contributed by atoms with Crippen molar-refractivity contribution < 1.29 is 14.3 Å². The van der Waals surface area contributed by atoms with Crippen LogP contribution in [0.15, 0.2) is 22.7 Å². The van der Waals surface area contributed by atoms with Crippen LogP contribution in [0, 0.1) is 11.8 Å². The number of esters is 1. The van der Waals surface area contributed by atoms with E-state index in [-0.39, 0.29) is 11.9 Å². The van der Waals surface area contributed by atoms with Gasteiger partial charge in [-0.25, -0.2) is 0 Å². The van der Waals surface area contributed by atoms with Gasteiger partial charge in [0.05, 0.1) is 24.6 Å². The summed E-state index contributed by atoms with van der Waals surface area (Å²) in [6, 6.07) is 6.11. The summed E-state index contributed by atoms with van der Waals surface area (Å²) in [6.07, 6.45) is 3.00. The highest BCUT2D eigenvalue weighted by molar-refractivity contribution is 9.10. The summed E-state index contributed by atoms with van der Waals surface area (Å²) in [5.74, 6) is 1.42. The molecule has 18 heavy (non-hydrogen) atoms. The highest BCUT2D eigenvalue weighted by Gasteiger charge is 2.43. The van der Waals surface area contributed by atoms with E-state index in [1.807, 2.05) is 6.07 Å². The fraction of sp³-hybridized carbons (Fsp3) is 0.500. The van der Waals surface area contributed by atoms with Crippen LogP contribution in [0.25, 0.3) is 0 Å². The molecule has 3 nitrogen and oxygen atoms in total. The van der Waals surface area contributed by atoms with E-state index in [0.29, 0.717) is 5.92 Å². The minimum absolute atomic E-state index is 0.0593. The van der Waals surface area contributed by atoms with E-state index in [1.54, 1.807) is 7.11 Å². The van der Waals surface area contributed by atoms with Crippen molar-refractivity contribution in [3.63, 3.8) is 0 Å². The Morgan fingerprint density at radius 2 is 2.22 bits per heavy atom. The van der Waals surface area contributed by atoms with Gasteiger partial charge in [-0.05, 0) is 58.8 Å². The fourth-order valence-electron chi connectivity index (χ4n) is 2.22. The molecule has 0 aromatic heterocycles. The molecule has 2 unspecified atom stereocenters. The molecule has 0 amide bonds. The number of rotatable bonds is 5. The summed E-state index contributed by atoms with van der Waals surface area (Å²) < 4.78 is 10.9. The van der Waals surface area contributed by atoms with Gasteiger partial charge in [-0.3, -0.25) is 4.79 Å². The zero-order valence-electron chi connectivity index (χ0n) is 10.6. The van der Waals surface area contributed by atoms with Crippen molar-refractivity contribution in [2.45, 2.75) is 19.3 Å². The topological polar surface area (TPSA) is 35.5 Å². The molecule has 1 aliphatic carbocycles. The van der Waals surface area contributed by atoms with Crippen LogP contribution in [0.1, 0.15) is 18.4 Å². The van der Waals surface area contributed by atoms with Crippen molar-refractivity contribution in [2.24, 2.45) is 11.8 Å². The maximum atomic E-state index is 11.3. The molecule has 2 rings (SSSR count). The summed E-state index contributed by atoms with van der Waals surface area (Å²) in [6.45, 7) is 0. The third-order valence-corrected chi connectivity index (χ3v) is 4.07. The number of carbonyl (C=O) groups excluding carboxylic acids is 1. The summed E-state index contributed by atoms with van der Waals surface area (Å²) in [5.41, 5.74) is 1.26.